The summed E-state index contributed by atoms with van der Waals surface area (Å²) in [6, 6.07) is 1.91. The van der Waals surface area contributed by atoms with E-state index in [0.29, 0.717) is 0 Å². The Balaban J connectivity index is 1.82. The largest absolute Gasteiger partial charge is 0.296 e. The monoisotopic (exact) mass is 229 g/mol. The van der Waals surface area contributed by atoms with Gasteiger partial charge in [-0.2, -0.15) is 0 Å². The van der Waals surface area contributed by atoms with E-state index in [1.165, 1.54) is 25.8 Å². The molecule has 0 radical (unpaired) electrons. The summed E-state index contributed by atoms with van der Waals surface area (Å²) in [6.45, 7) is 3.64. The summed E-state index contributed by atoms with van der Waals surface area (Å²) in [4.78, 5) is 3.59. The van der Waals surface area contributed by atoms with Crippen molar-refractivity contribution in [2.45, 2.75) is 43.1 Å². The summed E-state index contributed by atoms with van der Waals surface area (Å²) in [5.74, 6) is 2.15. The van der Waals surface area contributed by atoms with Crippen molar-refractivity contribution in [3.8, 4) is 0 Å². The van der Waals surface area contributed by atoms with E-state index >= 15 is 0 Å². The van der Waals surface area contributed by atoms with Gasteiger partial charge in [0.05, 0.1) is 0 Å². The molecule has 4 fully saturated rings. The lowest BCUT2D eigenvalue weighted by Crippen LogP contribution is -2.44. The van der Waals surface area contributed by atoms with E-state index in [9.17, 15) is 0 Å². The van der Waals surface area contributed by atoms with Gasteiger partial charge in [-0.15, -0.1) is 0 Å². The summed E-state index contributed by atoms with van der Waals surface area (Å²) in [5.41, 5.74) is 0. The van der Waals surface area contributed by atoms with Crippen LogP contribution in [0.5, 0.6) is 0 Å². The van der Waals surface area contributed by atoms with Gasteiger partial charge in [0.2, 0.25) is 0 Å². The van der Waals surface area contributed by atoms with Crippen molar-refractivity contribution < 1.29 is 0 Å². The Morgan fingerprint density at radius 2 is 2.17 bits per heavy atom. The average Bonchev–Trinajstić information content (AvgIpc) is 2.57. The topological polar surface area (TPSA) is 3.24 Å². The molecule has 4 bridgehead atoms. The summed E-state index contributed by atoms with van der Waals surface area (Å²) in [5, 5.41) is 0. The van der Waals surface area contributed by atoms with Gasteiger partial charge in [-0.25, -0.2) is 0 Å². The Hall–Kier alpha value is 0.440. The Bertz CT molecular complexity index is 206. The van der Waals surface area contributed by atoms with Gasteiger partial charge in [-0.05, 0) is 37.6 Å². The molecule has 0 amide bonds. The van der Waals surface area contributed by atoms with Crippen LogP contribution in [0.3, 0.4) is 0 Å². The van der Waals surface area contributed by atoms with Crippen LogP contribution in [0.15, 0.2) is 0 Å². The summed E-state index contributed by atoms with van der Waals surface area (Å²) < 4.78 is 0. The first-order valence-electron chi connectivity index (χ1n) is 5.22. The molecule has 5 atom stereocenters. The van der Waals surface area contributed by atoms with Gasteiger partial charge >= 0.3 is 0 Å². The van der Waals surface area contributed by atoms with Crippen LogP contribution in [-0.2, 0) is 0 Å². The molecule has 0 N–H and O–H groups in total. The van der Waals surface area contributed by atoms with Crippen molar-refractivity contribution in [1.82, 2.24) is 4.90 Å². The molecule has 2 heterocycles. The number of hydrogen-bond acceptors (Lipinski definition) is 1. The van der Waals surface area contributed by atoms with Gasteiger partial charge in [-0.1, -0.05) is 22.9 Å². The second-order valence-corrected chi connectivity index (χ2v) is 5.79. The fraction of sp³-hybridized carbons (Fsp3) is 1.00. The van der Waals surface area contributed by atoms with Crippen LogP contribution < -0.4 is 0 Å². The Morgan fingerprint density at radius 1 is 1.33 bits per heavy atom. The first kappa shape index (κ1) is 7.81. The smallest absolute Gasteiger partial charge is 0.0307 e. The maximum Gasteiger partial charge on any atom is 0.0307 e. The van der Waals surface area contributed by atoms with Crippen LogP contribution in [0, 0.1) is 11.8 Å². The quantitative estimate of drug-likeness (QED) is 0.657. The molecule has 4 rings (SSSR count). The second kappa shape index (κ2) is 2.48. The second-order valence-electron chi connectivity index (χ2n) is 4.61. The van der Waals surface area contributed by atoms with Gasteiger partial charge in [0, 0.05) is 16.9 Å². The highest BCUT2D eigenvalue weighted by molar-refractivity contribution is 9.09. The van der Waals surface area contributed by atoms with Crippen molar-refractivity contribution in [3.05, 3.63) is 0 Å². The first-order valence-corrected chi connectivity index (χ1v) is 6.14. The van der Waals surface area contributed by atoms with Crippen LogP contribution >= 0.6 is 15.9 Å². The SMILES string of the molecule is CCCN1C2CC3C2C[C@@H](Br)C31. The van der Waals surface area contributed by atoms with Crippen molar-refractivity contribution in [2.24, 2.45) is 11.8 Å². The summed E-state index contributed by atoms with van der Waals surface area (Å²) >= 11 is 3.83. The molecule has 0 aromatic rings. The lowest BCUT2D eigenvalue weighted by Gasteiger charge is -2.38. The minimum absolute atomic E-state index is 0.817. The van der Waals surface area contributed by atoms with Gasteiger partial charge < -0.3 is 0 Å². The Kier molecular flexibility index (Phi) is 1.61. The summed E-state index contributed by atoms with van der Waals surface area (Å²) in [7, 11) is 0. The number of piperidine rings is 1. The van der Waals surface area contributed by atoms with Gasteiger partial charge in [0.25, 0.3) is 0 Å². The van der Waals surface area contributed by atoms with Crippen LogP contribution in [0.1, 0.15) is 26.2 Å². The molecule has 68 valence electrons. The molecule has 0 aromatic heterocycles. The third-order valence-corrected chi connectivity index (χ3v) is 5.07. The third-order valence-electron chi connectivity index (χ3n) is 4.16. The number of rotatable bonds is 2. The summed E-state index contributed by atoms with van der Waals surface area (Å²) in [6.07, 6.45) is 4.30. The van der Waals surface area contributed by atoms with E-state index in [2.05, 4.69) is 27.8 Å². The first-order chi connectivity index (χ1) is 5.83. The average molecular weight is 230 g/mol. The number of alkyl halides is 1. The minimum Gasteiger partial charge on any atom is -0.296 e. The van der Waals surface area contributed by atoms with E-state index in [4.69, 9.17) is 0 Å². The van der Waals surface area contributed by atoms with Crippen LogP contribution in [0.2, 0.25) is 0 Å². The van der Waals surface area contributed by atoms with Crippen molar-refractivity contribution in [3.63, 3.8) is 0 Å². The van der Waals surface area contributed by atoms with Crippen LogP contribution in [-0.4, -0.2) is 28.4 Å². The molecule has 2 saturated heterocycles. The maximum absolute atomic E-state index is 3.83. The minimum atomic E-state index is 0.817. The standard InChI is InChI=1S/C10H16BrN/c1-2-3-12-9-5-7-6(9)4-8(11)10(7)12/h6-10H,2-5H2,1H3/t6?,7?,8-,9?,10?/m1/s1. The maximum atomic E-state index is 3.83. The normalized spacial score (nSPS) is 56.0. The highest BCUT2D eigenvalue weighted by Gasteiger charge is 2.64. The molecule has 4 aliphatic rings. The highest BCUT2D eigenvalue weighted by Crippen LogP contribution is 2.60. The van der Waals surface area contributed by atoms with Crippen molar-refractivity contribution in [1.29, 1.82) is 0 Å². The third kappa shape index (κ3) is 0.741. The lowest BCUT2D eigenvalue weighted by atomic mass is 9.75. The zero-order chi connectivity index (χ0) is 8.29. The molecule has 0 aromatic carbocycles. The van der Waals surface area contributed by atoms with E-state index < -0.39 is 0 Å². The molecular weight excluding hydrogens is 214 g/mol. The molecule has 2 saturated carbocycles. The molecule has 2 aliphatic heterocycles. The highest BCUT2D eigenvalue weighted by atomic mass is 79.9. The van der Waals surface area contributed by atoms with E-state index in [1.807, 2.05) is 0 Å². The van der Waals surface area contributed by atoms with Crippen molar-refractivity contribution in [2.75, 3.05) is 6.54 Å². The number of nitrogens with zero attached hydrogens (tertiary/aromatic N) is 1. The molecule has 12 heavy (non-hydrogen) atoms. The van der Waals surface area contributed by atoms with Gasteiger partial charge in [0.1, 0.15) is 0 Å². The fourth-order valence-electron chi connectivity index (χ4n) is 3.74. The van der Waals surface area contributed by atoms with E-state index in [0.717, 1.165) is 28.7 Å². The fourth-order valence-corrected chi connectivity index (χ4v) is 4.87. The zero-order valence-electron chi connectivity index (χ0n) is 7.54. The zero-order valence-corrected chi connectivity index (χ0v) is 9.13. The predicted molar refractivity (Wildman–Crippen MR) is 53.5 cm³/mol. The van der Waals surface area contributed by atoms with Gasteiger partial charge in [0.15, 0.2) is 0 Å². The molecule has 0 spiro atoms. The Morgan fingerprint density at radius 3 is 2.83 bits per heavy atom. The van der Waals surface area contributed by atoms with Gasteiger partial charge in [-0.3, -0.25) is 4.90 Å². The Labute approximate surface area is 82.6 Å². The number of halogens is 1. The molecule has 2 heteroatoms. The number of hydrogen-bond donors (Lipinski definition) is 0. The molecular formula is C10H16BrN. The molecule has 2 aliphatic carbocycles. The van der Waals surface area contributed by atoms with Crippen LogP contribution in [0.25, 0.3) is 0 Å². The van der Waals surface area contributed by atoms with Crippen molar-refractivity contribution >= 4 is 15.9 Å². The van der Waals surface area contributed by atoms with E-state index in [1.54, 1.807) is 0 Å². The molecule has 4 unspecified atom stereocenters. The predicted octanol–water partition coefficient (Wildman–Crippen LogP) is 2.25. The van der Waals surface area contributed by atoms with Crippen LogP contribution in [0.4, 0.5) is 0 Å². The lowest BCUT2D eigenvalue weighted by molar-refractivity contribution is 0.128. The van der Waals surface area contributed by atoms with E-state index in [-0.39, 0.29) is 0 Å². The molecule has 1 nitrogen and oxygen atoms in total.